The van der Waals surface area contributed by atoms with Crippen LogP contribution in [0.2, 0.25) is 0 Å². The maximum atomic E-state index is 10.3. The van der Waals surface area contributed by atoms with E-state index in [1.165, 1.54) is 0 Å². The smallest absolute Gasteiger partial charge is 0.147 e. The molecule has 6 nitrogen and oxygen atoms in total. The van der Waals surface area contributed by atoms with Crippen LogP contribution in [0.4, 0.5) is 5.82 Å². The van der Waals surface area contributed by atoms with Gasteiger partial charge >= 0.3 is 0 Å². The third-order valence-electron chi connectivity index (χ3n) is 4.89. The molecule has 1 fully saturated rings. The SMILES string of the molecule is CN(c1cnc(-c2cc3ccncc3cc2O)cn1)C1CCNCC1. The van der Waals surface area contributed by atoms with Gasteiger partial charge in [0.05, 0.1) is 18.1 Å². The highest BCUT2D eigenvalue weighted by atomic mass is 16.3. The van der Waals surface area contributed by atoms with Gasteiger partial charge in [-0.3, -0.25) is 9.97 Å². The third-order valence-corrected chi connectivity index (χ3v) is 4.89. The average molecular weight is 335 g/mol. The zero-order valence-electron chi connectivity index (χ0n) is 14.2. The predicted octanol–water partition coefficient (Wildman–Crippen LogP) is 2.59. The quantitative estimate of drug-likeness (QED) is 0.766. The van der Waals surface area contributed by atoms with E-state index < -0.39 is 0 Å². The number of phenolic OH excluding ortho intramolecular Hbond substituents is 1. The maximum absolute atomic E-state index is 10.3. The Labute approximate surface area is 146 Å². The van der Waals surface area contributed by atoms with E-state index in [4.69, 9.17) is 0 Å². The van der Waals surface area contributed by atoms with Gasteiger partial charge in [0.2, 0.25) is 0 Å². The van der Waals surface area contributed by atoms with Gasteiger partial charge < -0.3 is 15.3 Å². The number of aromatic hydroxyl groups is 1. The van der Waals surface area contributed by atoms with Crippen LogP contribution in [0.3, 0.4) is 0 Å². The minimum absolute atomic E-state index is 0.189. The Balaban J connectivity index is 1.62. The second-order valence-electron chi connectivity index (χ2n) is 6.44. The van der Waals surface area contributed by atoms with Gasteiger partial charge in [-0.1, -0.05) is 0 Å². The fourth-order valence-electron chi connectivity index (χ4n) is 3.35. The van der Waals surface area contributed by atoms with Gasteiger partial charge in [-0.2, -0.15) is 0 Å². The second-order valence-corrected chi connectivity index (χ2v) is 6.44. The number of pyridine rings is 1. The van der Waals surface area contributed by atoms with Crippen molar-refractivity contribution in [3.8, 4) is 17.0 Å². The van der Waals surface area contributed by atoms with E-state index in [0.29, 0.717) is 17.3 Å². The molecule has 0 unspecified atom stereocenters. The van der Waals surface area contributed by atoms with E-state index in [9.17, 15) is 5.11 Å². The number of nitrogens with zero attached hydrogens (tertiary/aromatic N) is 4. The van der Waals surface area contributed by atoms with Gasteiger partial charge in [0, 0.05) is 36.4 Å². The molecular formula is C19H21N5O. The number of hydrogen-bond acceptors (Lipinski definition) is 6. The molecule has 3 aromatic rings. The lowest BCUT2D eigenvalue weighted by Crippen LogP contribution is -2.41. The number of phenols is 1. The normalized spacial score (nSPS) is 15.4. The van der Waals surface area contributed by atoms with E-state index in [1.807, 2.05) is 12.1 Å². The van der Waals surface area contributed by atoms with Crippen LogP contribution in [-0.2, 0) is 0 Å². The van der Waals surface area contributed by atoms with Crippen LogP contribution in [-0.4, -0.2) is 46.2 Å². The summed E-state index contributed by atoms with van der Waals surface area (Å²) in [6.45, 7) is 2.08. The van der Waals surface area contributed by atoms with Gasteiger partial charge in [-0.25, -0.2) is 4.98 Å². The number of fused-ring (bicyclic) bond motifs is 1. The highest BCUT2D eigenvalue weighted by Gasteiger charge is 2.19. The highest BCUT2D eigenvalue weighted by molar-refractivity contribution is 5.89. The van der Waals surface area contributed by atoms with Crippen molar-refractivity contribution >= 4 is 16.6 Å². The first-order chi connectivity index (χ1) is 12.2. The van der Waals surface area contributed by atoms with Gasteiger partial charge in [0.15, 0.2) is 0 Å². The fraction of sp³-hybridized carbons (Fsp3) is 0.316. The maximum Gasteiger partial charge on any atom is 0.147 e. The molecule has 0 radical (unpaired) electrons. The Kier molecular flexibility index (Phi) is 4.19. The molecule has 1 aliphatic rings. The summed E-state index contributed by atoms with van der Waals surface area (Å²) >= 11 is 0. The highest BCUT2D eigenvalue weighted by Crippen LogP contribution is 2.32. The summed E-state index contributed by atoms with van der Waals surface area (Å²) in [7, 11) is 2.07. The van der Waals surface area contributed by atoms with Crippen molar-refractivity contribution in [1.29, 1.82) is 0 Å². The van der Waals surface area contributed by atoms with E-state index in [2.05, 4.69) is 32.2 Å². The molecule has 2 aromatic heterocycles. The Morgan fingerprint density at radius 1 is 1.08 bits per heavy atom. The number of aromatic nitrogens is 3. The number of hydrogen-bond donors (Lipinski definition) is 2. The van der Waals surface area contributed by atoms with Crippen LogP contribution in [0, 0.1) is 0 Å². The number of nitrogens with one attached hydrogen (secondary N) is 1. The van der Waals surface area contributed by atoms with E-state index in [1.54, 1.807) is 30.9 Å². The molecule has 128 valence electrons. The molecule has 0 bridgehead atoms. The molecule has 0 spiro atoms. The van der Waals surface area contributed by atoms with Crippen LogP contribution in [0.15, 0.2) is 43.0 Å². The topological polar surface area (TPSA) is 74.2 Å². The first-order valence-electron chi connectivity index (χ1n) is 8.55. The van der Waals surface area contributed by atoms with E-state index >= 15 is 0 Å². The summed E-state index contributed by atoms with van der Waals surface area (Å²) in [6, 6.07) is 6.05. The number of piperidine rings is 1. The zero-order chi connectivity index (χ0) is 17.2. The number of anilines is 1. The summed E-state index contributed by atoms with van der Waals surface area (Å²) < 4.78 is 0. The molecular weight excluding hydrogens is 314 g/mol. The molecule has 0 amide bonds. The largest absolute Gasteiger partial charge is 0.507 e. The summed E-state index contributed by atoms with van der Waals surface area (Å²) in [4.78, 5) is 15.4. The van der Waals surface area contributed by atoms with Crippen LogP contribution in [0.5, 0.6) is 5.75 Å². The standard InChI is InChI=1S/C19H21N5O/c1-24(15-3-6-20-7-4-15)19-12-22-17(11-23-19)16-8-13-2-5-21-10-14(13)9-18(16)25/h2,5,8-12,15,20,25H,3-4,6-7H2,1H3. The van der Waals surface area contributed by atoms with Gasteiger partial charge in [-0.15, -0.1) is 0 Å². The summed E-state index contributed by atoms with van der Waals surface area (Å²) in [6.07, 6.45) is 9.22. The number of benzene rings is 1. The van der Waals surface area contributed by atoms with Crippen molar-refractivity contribution in [2.24, 2.45) is 0 Å². The molecule has 1 aromatic carbocycles. The Morgan fingerprint density at radius 3 is 2.68 bits per heavy atom. The summed E-state index contributed by atoms with van der Waals surface area (Å²) in [5.41, 5.74) is 1.35. The van der Waals surface area contributed by atoms with Crippen molar-refractivity contribution < 1.29 is 5.11 Å². The second kappa shape index (κ2) is 6.64. The van der Waals surface area contributed by atoms with E-state index in [-0.39, 0.29) is 5.75 Å². The minimum Gasteiger partial charge on any atom is -0.507 e. The zero-order valence-corrected chi connectivity index (χ0v) is 14.2. The first kappa shape index (κ1) is 15.8. The minimum atomic E-state index is 0.189. The lowest BCUT2D eigenvalue weighted by atomic mass is 10.1. The molecule has 1 saturated heterocycles. The van der Waals surface area contributed by atoms with Crippen molar-refractivity contribution in [2.45, 2.75) is 18.9 Å². The Hall–Kier alpha value is -2.73. The predicted molar refractivity (Wildman–Crippen MR) is 98.7 cm³/mol. The van der Waals surface area contributed by atoms with Gasteiger partial charge in [0.1, 0.15) is 11.6 Å². The van der Waals surface area contributed by atoms with Crippen molar-refractivity contribution in [3.63, 3.8) is 0 Å². The molecule has 1 aliphatic heterocycles. The van der Waals surface area contributed by atoms with Crippen molar-refractivity contribution in [2.75, 3.05) is 25.0 Å². The van der Waals surface area contributed by atoms with Gasteiger partial charge in [0.25, 0.3) is 0 Å². The molecule has 4 rings (SSSR count). The third kappa shape index (κ3) is 3.13. The molecule has 0 aliphatic carbocycles. The average Bonchev–Trinajstić information content (AvgIpc) is 2.68. The van der Waals surface area contributed by atoms with Crippen LogP contribution in [0.1, 0.15) is 12.8 Å². The van der Waals surface area contributed by atoms with Gasteiger partial charge in [-0.05, 0) is 49.5 Å². The first-order valence-corrected chi connectivity index (χ1v) is 8.55. The van der Waals surface area contributed by atoms with Crippen LogP contribution >= 0.6 is 0 Å². The van der Waals surface area contributed by atoms with Crippen LogP contribution in [0.25, 0.3) is 22.0 Å². The molecule has 0 atom stereocenters. The van der Waals surface area contributed by atoms with Crippen LogP contribution < -0.4 is 10.2 Å². The Bertz CT molecular complexity index is 875. The fourth-order valence-corrected chi connectivity index (χ4v) is 3.35. The molecule has 2 N–H and O–H groups in total. The Morgan fingerprint density at radius 2 is 1.92 bits per heavy atom. The van der Waals surface area contributed by atoms with E-state index in [0.717, 1.165) is 42.5 Å². The summed E-state index contributed by atoms with van der Waals surface area (Å²) in [5.74, 6) is 1.05. The van der Waals surface area contributed by atoms with Crippen molar-refractivity contribution in [1.82, 2.24) is 20.3 Å². The van der Waals surface area contributed by atoms with Crippen molar-refractivity contribution in [3.05, 3.63) is 43.0 Å². The molecule has 0 saturated carbocycles. The molecule has 25 heavy (non-hydrogen) atoms. The number of rotatable bonds is 3. The lowest BCUT2D eigenvalue weighted by Gasteiger charge is -2.32. The molecule has 3 heterocycles. The molecule has 6 heteroatoms. The monoisotopic (exact) mass is 335 g/mol. The summed E-state index contributed by atoms with van der Waals surface area (Å²) in [5, 5.41) is 15.6. The lowest BCUT2D eigenvalue weighted by molar-refractivity contribution is 0.441.